The lowest BCUT2D eigenvalue weighted by Crippen LogP contribution is -2.30. The Morgan fingerprint density at radius 2 is 2.06 bits per heavy atom. The van der Waals surface area contributed by atoms with E-state index in [0.717, 1.165) is 18.4 Å². The van der Waals surface area contributed by atoms with Gasteiger partial charge >= 0.3 is 6.18 Å². The van der Waals surface area contributed by atoms with E-state index < -0.39 is 29.2 Å². The largest absolute Gasteiger partial charge is 0.390 e. The Bertz CT molecular complexity index is 498. The molecular weight excluding hydrogens is 311 g/mol. The highest BCUT2D eigenvalue weighted by Gasteiger charge is 2.30. The normalized spacial score (nSPS) is 13.2. The van der Waals surface area contributed by atoms with Gasteiger partial charge in [0.25, 0.3) is 0 Å². The van der Waals surface area contributed by atoms with Crippen molar-refractivity contribution in [3.8, 4) is 0 Å². The molecule has 0 unspecified atom stereocenters. The van der Waals surface area contributed by atoms with E-state index in [0.29, 0.717) is 9.18 Å². The number of rotatable bonds is 5. The smallest absolute Gasteiger partial charge is 0.207 e. The third kappa shape index (κ3) is 4.11. The molecule has 0 aromatic carbocycles. The minimum absolute atomic E-state index is 0.0205. The molecule has 1 rings (SSSR count). The summed E-state index contributed by atoms with van der Waals surface area (Å²) in [6.07, 6.45) is -5.55. The molecule has 0 saturated heterocycles. The van der Waals surface area contributed by atoms with Gasteiger partial charge in [-0.1, -0.05) is 0 Å². The maximum atomic E-state index is 12.0. The number of halogens is 4. The fourth-order valence-electron chi connectivity index (χ4n) is 1.15. The average molecular weight is 322 g/mol. The predicted octanol–water partition coefficient (Wildman–Crippen LogP) is 3.06. The van der Waals surface area contributed by atoms with Gasteiger partial charge in [0.15, 0.2) is 0 Å². The summed E-state index contributed by atoms with van der Waals surface area (Å²) in [4.78, 5) is 0.632. The number of alkyl halides is 4. The molecule has 0 amide bonds. The fourth-order valence-corrected chi connectivity index (χ4v) is 3.70. The van der Waals surface area contributed by atoms with Crippen molar-refractivity contribution in [3.63, 3.8) is 0 Å². The maximum Gasteiger partial charge on any atom is 0.390 e. The first-order valence-electron chi connectivity index (χ1n) is 4.83. The third-order valence-electron chi connectivity index (χ3n) is 2.18. The highest BCUT2D eigenvalue weighted by atomic mass is 35.5. The van der Waals surface area contributed by atoms with E-state index in [9.17, 15) is 21.6 Å². The summed E-state index contributed by atoms with van der Waals surface area (Å²) in [7, 11) is -2.74. The number of hydrogen-bond donors (Lipinski definition) is 0. The van der Waals surface area contributed by atoms with Gasteiger partial charge < -0.3 is 0 Å². The van der Waals surface area contributed by atoms with Crippen molar-refractivity contribution in [2.45, 2.75) is 23.4 Å². The van der Waals surface area contributed by atoms with Crippen LogP contribution in [-0.4, -0.2) is 32.5 Å². The lowest BCUT2D eigenvalue weighted by atomic mass is 10.4. The van der Waals surface area contributed by atoms with Crippen LogP contribution in [0.1, 0.15) is 11.3 Å². The molecule has 0 aliphatic carbocycles. The Kier molecular flexibility index (Phi) is 5.05. The fraction of sp³-hybridized carbons (Fsp3) is 0.556. The average Bonchev–Trinajstić information content (AvgIpc) is 2.73. The third-order valence-corrected chi connectivity index (χ3v) is 5.55. The van der Waals surface area contributed by atoms with Crippen LogP contribution < -0.4 is 0 Å². The van der Waals surface area contributed by atoms with Gasteiger partial charge in [0.2, 0.25) is 10.0 Å². The second-order valence-electron chi connectivity index (χ2n) is 3.57. The summed E-state index contributed by atoms with van der Waals surface area (Å²) in [5.41, 5.74) is 0. The van der Waals surface area contributed by atoms with Crippen LogP contribution in [0.3, 0.4) is 0 Å². The minimum atomic E-state index is -4.38. The number of thiophene rings is 1. The van der Waals surface area contributed by atoms with Crippen LogP contribution >= 0.6 is 22.9 Å². The predicted molar refractivity (Wildman–Crippen MR) is 64.4 cm³/mol. The van der Waals surface area contributed by atoms with E-state index in [4.69, 9.17) is 11.6 Å². The molecule has 0 spiro atoms. The van der Waals surface area contributed by atoms with Crippen molar-refractivity contribution >= 4 is 33.0 Å². The van der Waals surface area contributed by atoms with Crippen LogP contribution in [-0.2, 0) is 15.9 Å². The Morgan fingerprint density at radius 1 is 1.44 bits per heavy atom. The summed E-state index contributed by atoms with van der Waals surface area (Å²) >= 11 is 6.70. The number of nitrogens with zero attached hydrogens (tertiary/aromatic N) is 1. The zero-order valence-electron chi connectivity index (χ0n) is 9.37. The molecule has 104 valence electrons. The molecule has 18 heavy (non-hydrogen) atoms. The zero-order chi connectivity index (χ0) is 14.0. The molecule has 0 aliphatic rings. The second kappa shape index (κ2) is 5.77. The van der Waals surface area contributed by atoms with E-state index >= 15 is 0 Å². The summed E-state index contributed by atoms with van der Waals surface area (Å²) < 4.78 is 60.6. The molecule has 1 heterocycles. The molecule has 3 nitrogen and oxygen atoms in total. The standard InChI is InChI=1S/C9H11ClF3NO2S2/c1-14(3-2-9(11,12)13)18(15,16)8-4-7(5-10)17-6-8/h4,6H,2-3,5H2,1H3. The van der Waals surface area contributed by atoms with E-state index in [-0.39, 0.29) is 10.8 Å². The maximum absolute atomic E-state index is 12.0. The monoisotopic (exact) mass is 321 g/mol. The first-order valence-corrected chi connectivity index (χ1v) is 7.68. The van der Waals surface area contributed by atoms with Gasteiger partial charge in [0.1, 0.15) is 0 Å². The highest BCUT2D eigenvalue weighted by molar-refractivity contribution is 7.89. The zero-order valence-corrected chi connectivity index (χ0v) is 11.8. The molecule has 0 fully saturated rings. The van der Waals surface area contributed by atoms with Gasteiger partial charge in [-0.3, -0.25) is 0 Å². The number of hydrogen-bond acceptors (Lipinski definition) is 3. The summed E-state index contributed by atoms with van der Waals surface area (Å²) in [5, 5.41) is 1.37. The van der Waals surface area contributed by atoms with Gasteiger partial charge in [-0.2, -0.15) is 13.2 Å². The molecule has 0 radical (unpaired) electrons. The van der Waals surface area contributed by atoms with E-state index in [1.807, 2.05) is 0 Å². The van der Waals surface area contributed by atoms with Gasteiger partial charge in [0, 0.05) is 23.8 Å². The van der Waals surface area contributed by atoms with Crippen LogP contribution in [0.2, 0.25) is 0 Å². The van der Waals surface area contributed by atoms with E-state index in [2.05, 4.69) is 0 Å². The first kappa shape index (κ1) is 15.7. The molecule has 1 aromatic heterocycles. The SMILES string of the molecule is CN(CCC(F)(F)F)S(=O)(=O)c1csc(CCl)c1. The Balaban J connectivity index is 2.80. The molecule has 0 saturated carbocycles. The Labute approximate surface area is 112 Å². The minimum Gasteiger partial charge on any atom is -0.207 e. The van der Waals surface area contributed by atoms with Crippen LogP contribution in [0.5, 0.6) is 0 Å². The van der Waals surface area contributed by atoms with Gasteiger partial charge in [-0.05, 0) is 6.07 Å². The molecule has 0 N–H and O–H groups in total. The van der Waals surface area contributed by atoms with Crippen molar-refractivity contribution in [2.24, 2.45) is 0 Å². The van der Waals surface area contributed by atoms with Crippen molar-refractivity contribution < 1.29 is 21.6 Å². The molecule has 1 aromatic rings. The van der Waals surface area contributed by atoms with Crippen molar-refractivity contribution in [2.75, 3.05) is 13.6 Å². The topological polar surface area (TPSA) is 37.4 Å². The summed E-state index contributed by atoms with van der Waals surface area (Å²) in [6.45, 7) is -0.599. The van der Waals surface area contributed by atoms with Crippen LogP contribution in [0, 0.1) is 0 Å². The van der Waals surface area contributed by atoms with Crippen LogP contribution in [0.15, 0.2) is 16.3 Å². The van der Waals surface area contributed by atoms with Gasteiger partial charge in [-0.25, -0.2) is 12.7 Å². The summed E-state index contributed by atoms with van der Waals surface area (Å²) in [5.74, 6) is 0.173. The first-order chi connectivity index (χ1) is 8.16. The lowest BCUT2D eigenvalue weighted by molar-refractivity contribution is -0.135. The van der Waals surface area contributed by atoms with Gasteiger partial charge in [-0.15, -0.1) is 22.9 Å². The molecule has 0 aliphatic heterocycles. The Morgan fingerprint density at radius 3 is 2.50 bits per heavy atom. The van der Waals surface area contributed by atoms with Crippen molar-refractivity contribution in [1.29, 1.82) is 0 Å². The van der Waals surface area contributed by atoms with E-state index in [1.54, 1.807) is 0 Å². The second-order valence-corrected chi connectivity index (χ2v) is 6.88. The molecule has 9 heteroatoms. The van der Waals surface area contributed by atoms with Gasteiger partial charge in [0.05, 0.1) is 17.2 Å². The van der Waals surface area contributed by atoms with E-state index in [1.165, 1.54) is 11.4 Å². The van der Waals surface area contributed by atoms with Crippen LogP contribution in [0.25, 0.3) is 0 Å². The Hall–Kier alpha value is -0.310. The lowest BCUT2D eigenvalue weighted by Gasteiger charge is -2.17. The number of sulfonamides is 1. The van der Waals surface area contributed by atoms with Crippen LogP contribution in [0.4, 0.5) is 13.2 Å². The molecular formula is C9H11ClF3NO2S2. The molecule has 0 atom stereocenters. The highest BCUT2D eigenvalue weighted by Crippen LogP contribution is 2.25. The van der Waals surface area contributed by atoms with Crippen molar-refractivity contribution in [1.82, 2.24) is 4.31 Å². The van der Waals surface area contributed by atoms with Crippen molar-refractivity contribution in [3.05, 3.63) is 16.3 Å². The molecule has 0 bridgehead atoms. The summed E-state index contributed by atoms with van der Waals surface area (Å²) in [6, 6.07) is 1.37. The quantitative estimate of drug-likeness (QED) is 0.782.